The summed E-state index contributed by atoms with van der Waals surface area (Å²) in [6.45, 7) is 4.59. The van der Waals surface area contributed by atoms with E-state index in [0.717, 1.165) is 5.92 Å². The number of hydrogen-bond donors (Lipinski definition) is 0. The normalized spacial score (nSPS) is 16.4. The summed E-state index contributed by atoms with van der Waals surface area (Å²) in [5.41, 5.74) is 1.58. The Bertz CT molecular complexity index is 197. The summed E-state index contributed by atoms with van der Waals surface area (Å²) in [4.78, 5) is 0. The van der Waals surface area contributed by atoms with Gasteiger partial charge < -0.3 is 0 Å². The van der Waals surface area contributed by atoms with Crippen LogP contribution in [0, 0.1) is 5.92 Å². The average Bonchev–Trinajstić information content (AvgIpc) is 2.36. The van der Waals surface area contributed by atoms with Gasteiger partial charge >= 0.3 is 84.8 Å². The van der Waals surface area contributed by atoms with E-state index in [1.54, 1.807) is 33.6 Å². The number of hydrogen-bond acceptors (Lipinski definition) is 0. The van der Waals surface area contributed by atoms with Gasteiger partial charge in [-0.15, -0.1) is 24.8 Å². The van der Waals surface area contributed by atoms with Crippen LogP contribution in [0.25, 0.3) is 0 Å². The van der Waals surface area contributed by atoms with Gasteiger partial charge in [0.25, 0.3) is 0 Å². The molecule has 0 heterocycles. The average molecular weight is 299 g/mol. The number of rotatable bonds is 3. The van der Waals surface area contributed by atoms with E-state index in [0.29, 0.717) is 0 Å². The van der Waals surface area contributed by atoms with Crippen LogP contribution >= 0.6 is 24.8 Å². The predicted molar refractivity (Wildman–Crippen MR) is 59.4 cm³/mol. The molecular formula is C10H17Cl2Zr. The van der Waals surface area contributed by atoms with Crippen molar-refractivity contribution in [3.63, 3.8) is 0 Å². The predicted octanol–water partition coefficient (Wildman–Crippen LogP) is 4.03. The van der Waals surface area contributed by atoms with Crippen molar-refractivity contribution in [3.8, 4) is 0 Å². The minimum Gasteiger partial charge on any atom is -0.147 e. The molecule has 1 aliphatic carbocycles. The van der Waals surface area contributed by atoms with E-state index in [9.17, 15) is 0 Å². The van der Waals surface area contributed by atoms with Gasteiger partial charge in [-0.05, 0) is 0 Å². The minimum atomic E-state index is 0. The Labute approximate surface area is 109 Å². The first kappa shape index (κ1) is 16.4. The summed E-state index contributed by atoms with van der Waals surface area (Å²) in [5, 5.41) is 0. The zero-order chi connectivity index (χ0) is 8.27. The summed E-state index contributed by atoms with van der Waals surface area (Å²) < 4.78 is 1.61. The van der Waals surface area contributed by atoms with Crippen molar-refractivity contribution in [2.24, 2.45) is 5.92 Å². The fourth-order valence-electron chi connectivity index (χ4n) is 1.49. The Morgan fingerprint density at radius 3 is 2.46 bits per heavy atom. The summed E-state index contributed by atoms with van der Waals surface area (Å²) in [6, 6.07) is 0. The number of allylic oxidation sites excluding steroid dienone is 4. The second-order valence-electron chi connectivity index (χ2n) is 3.27. The van der Waals surface area contributed by atoms with Crippen molar-refractivity contribution >= 4 is 24.8 Å². The topological polar surface area (TPSA) is 0 Å². The fraction of sp³-hybridized carbons (Fsp3) is 0.600. The fourth-order valence-corrected chi connectivity index (χ4v) is 2.15. The van der Waals surface area contributed by atoms with Gasteiger partial charge in [0.15, 0.2) is 0 Å². The standard InChI is InChI=1S/C10H15.2ClH.Zr/c1-3-6-9(2)10-7-4-5-8-10;;;/h7-9H,3-4,6H2,1-2H3;2*1H;. The number of halogens is 2. The van der Waals surface area contributed by atoms with Crippen LogP contribution in [0.4, 0.5) is 0 Å². The van der Waals surface area contributed by atoms with E-state index >= 15 is 0 Å². The van der Waals surface area contributed by atoms with Crippen molar-refractivity contribution in [2.45, 2.75) is 33.1 Å². The maximum absolute atomic E-state index is 2.39. The van der Waals surface area contributed by atoms with E-state index in [1.807, 2.05) is 0 Å². The zero-order valence-corrected chi connectivity index (χ0v) is 12.3. The summed E-state index contributed by atoms with van der Waals surface area (Å²) in [7, 11) is 0. The molecule has 1 unspecified atom stereocenters. The maximum Gasteiger partial charge on any atom is -0.147 e. The molecule has 75 valence electrons. The Balaban J connectivity index is 0. The second kappa shape index (κ2) is 8.27. The van der Waals surface area contributed by atoms with Gasteiger partial charge in [0, 0.05) is 0 Å². The molecule has 1 rings (SSSR count). The monoisotopic (exact) mass is 297 g/mol. The first-order valence-electron chi connectivity index (χ1n) is 4.36. The maximum atomic E-state index is 2.39. The molecule has 0 radical (unpaired) electrons. The van der Waals surface area contributed by atoms with Gasteiger partial charge in [-0.2, -0.15) is 0 Å². The molecule has 0 fully saturated rings. The van der Waals surface area contributed by atoms with Crippen LogP contribution in [0.15, 0.2) is 21.0 Å². The van der Waals surface area contributed by atoms with Crippen LogP contribution in [0.1, 0.15) is 33.1 Å². The molecule has 0 aromatic carbocycles. The summed E-state index contributed by atoms with van der Waals surface area (Å²) in [6.07, 6.45) is 8.65. The quantitative estimate of drug-likeness (QED) is 0.738. The van der Waals surface area contributed by atoms with Gasteiger partial charge in [0.05, 0.1) is 0 Å². The first-order valence-corrected chi connectivity index (χ1v) is 5.59. The Hall–Kier alpha value is 0.943. The Morgan fingerprint density at radius 2 is 2.08 bits per heavy atom. The van der Waals surface area contributed by atoms with Crippen LogP contribution in [0.3, 0.4) is 0 Å². The Morgan fingerprint density at radius 1 is 1.46 bits per heavy atom. The molecule has 0 aromatic rings. The molecule has 0 aromatic heterocycles. The van der Waals surface area contributed by atoms with Gasteiger partial charge in [0.1, 0.15) is 0 Å². The van der Waals surface area contributed by atoms with Crippen molar-refractivity contribution in [1.82, 2.24) is 0 Å². The zero-order valence-electron chi connectivity index (χ0n) is 8.17. The molecule has 1 atom stereocenters. The van der Waals surface area contributed by atoms with Gasteiger partial charge in [-0.1, -0.05) is 0 Å². The van der Waals surface area contributed by atoms with E-state index in [4.69, 9.17) is 0 Å². The van der Waals surface area contributed by atoms with Gasteiger partial charge in [0.2, 0.25) is 0 Å². The molecule has 0 saturated heterocycles. The molecular weight excluding hydrogens is 282 g/mol. The van der Waals surface area contributed by atoms with Gasteiger partial charge in [-0.25, -0.2) is 0 Å². The van der Waals surface area contributed by atoms with E-state index in [-0.39, 0.29) is 24.8 Å². The first-order chi connectivity index (χ1) is 5.24. The molecule has 0 amide bonds. The molecule has 0 aliphatic heterocycles. The molecule has 1 aliphatic rings. The summed E-state index contributed by atoms with van der Waals surface area (Å²) in [5.74, 6) is 0.790. The molecule has 0 N–H and O–H groups in total. The van der Waals surface area contributed by atoms with Crippen LogP contribution in [-0.4, -0.2) is 0 Å². The minimum absolute atomic E-state index is 0. The smallest absolute Gasteiger partial charge is 0.147 e. The van der Waals surface area contributed by atoms with Crippen LogP contribution in [0.2, 0.25) is 0 Å². The van der Waals surface area contributed by atoms with Crippen molar-refractivity contribution in [2.75, 3.05) is 0 Å². The van der Waals surface area contributed by atoms with Gasteiger partial charge in [-0.3, -0.25) is 0 Å². The van der Waals surface area contributed by atoms with E-state index in [1.165, 1.54) is 19.3 Å². The van der Waals surface area contributed by atoms with Crippen LogP contribution in [-0.2, 0) is 24.7 Å². The third-order valence-corrected chi connectivity index (χ3v) is 3.05. The van der Waals surface area contributed by atoms with Crippen molar-refractivity contribution in [1.29, 1.82) is 0 Å². The third-order valence-electron chi connectivity index (χ3n) is 2.19. The van der Waals surface area contributed by atoms with Crippen LogP contribution < -0.4 is 0 Å². The Kier molecular flexibility index (Phi) is 10.4. The second-order valence-corrected chi connectivity index (χ2v) is 4.85. The van der Waals surface area contributed by atoms with E-state index in [2.05, 4.69) is 26.0 Å². The largest absolute Gasteiger partial charge is 0.147 e. The van der Waals surface area contributed by atoms with Crippen molar-refractivity contribution in [3.05, 3.63) is 21.0 Å². The third kappa shape index (κ3) is 5.40. The SMILES string of the molecule is CCCC(C)C1=CC[C]([Zr])=C1.Cl.Cl. The molecule has 0 bridgehead atoms. The molecule has 13 heavy (non-hydrogen) atoms. The summed E-state index contributed by atoms with van der Waals surface area (Å²) >= 11 is 1.59. The molecule has 3 heteroatoms. The van der Waals surface area contributed by atoms with Crippen LogP contribution in [0.5, 0.6) is 0 Å². The molecule has 0 nitrogen and oxygen atoms in total. The van der Waals surface area contributed by atoms with Crippen molar-refractivity contribution < 1.29 is 24.7 Å². The molecule has 0 saturated carbocycles. The molecule has 0 spiro atoms. The van der Waals surface area contributed by atoms with E-state index < -0.39 is 0 Å².